The van der Waals surface area contributed by atoms with Crippen molar-refractivity contribution in [1.29, 1.82) is 0 Å². The van der Waals surface area contributed by atoms with Crippen LogP contribution in [0, 0.1) is 0 Å². The van der Waals surface area contributed by atoms with Gasteiger partial charge in [0.15, 0.2) is 12.4 Å². The van der Waals surface area contributed by atoms with Crippen LogP contribution in [0.2, 0.25) is 0 Å². The second-order valence-corrected chi connectivity index (χ2v) is 23.3. The van der Waals surface area contributed by atoms with Gasteiger partial charge in [-0.05, 0) is 103 Å². The molecule has 0 radical (unpaired) electrons. The molecular weight excluding hydrogens is 1090 g/mol. The molecule has 19 nitrogen and oxygen atoms in total. The molecular formula is C66H122N2O17. The molecule has 1 rings (SSSR count). The van der Waals surface area contributed by atoms with E-state index >= 15 is 0 Å². The first-order valence-corrected chi connectivity index (χ1v) is 33.5. The summed E-state index contributed by atoms with van der Waals surface area (Å²) >= 11 is 0. The molecule has 19 heteroatoms. The number of nitrogens with one attached hydrogen (secondary N) is 1. The highest BCUT2D eigenvalue weighted by atomic mass is 16.7. The lowest BCUT2D eigenvalue weighted by molar-refractivity contribution is -0.326. The van der Waals surface area contributed by atoms with Gasteiger partial charge in [-0.3, -0.25) is 19.2 Å². The Morgan fingerprint density at radius 3 is 1.31 bits per heavy atom. The van der Waals surface area contributed by atoms with Crippen molar-refractivity contribution in [2.45, 2.75) is 294 Å². The predicted octanol–water partition coefficient (Wildman–Crippen LogP) is 8.23. The Morgan fingerprint density at radius 2 is 0.871 bits per heavy atom. The number of rotatable bonds is 62. The fourth-order valence-electron chi connectivity index (χ4n) is 10.2. The molecule has 9 unspecified atom stereocenters. The lowest BCUT2D eigenvalue weighted by atomic mass is 9.98. The fourth-order valence-corrected chi connectivity index (χ4v) is 10.2. The number of carbonyl (C=O) groups is 4. The first-order chi connectivity index (χ1) is 41.3. The Bertz CT molecular complexity index is 1600. The molecule has 0 aliphatic carbocycles. The Balaban J connectivity index is 2.36. The van der Waals surface area contributed by atoms with E-state index in [1.807, 2.05) is 0 Å². The van der Waals surface area contributed by atoms with Crippen LogP contribution in [0.15, 0.2) is 24.3 Å². The van der Waals surface area contributed by atoms with E-state index in [1.165, 1.54) is 128 Å². The molecule has 0 aromatic heterocycles. The number of carbonyl (C=O) groups excluding carboxylic acids is 4. The molecule has 1 aliphatic rings. The normalized spacial score (nSPS) is 18.8. The highest BCUT2D eigenvalue weighted by Gasteiger charge is 2.47. The summed E-state index contributed by atoms with van der Waals surface area (Å²) in [5.41, 5.74) is 0. The smallest absolute Gasteiger partial charge is 0.251 e. The lowest BCUT2D eigenvalue weighted by Crippen LogP contribution is -2.62. The van der Waals surface area contributed by atoms with Gasteiger partial charge in [-0.2, -0.15) is 0 Å². The molecule has 9 atom stereocenters. The number of amides is 1. The zero-order valence-corrected chi connectivity index (χ0v) is 52.9. The minimum Gasteiger partial charge on any atom is -0.394 e. The number of Topliss-reactive ketones (excluding diaryl/α,β-unsaturated/α-hetero) is 3. The highest BCUT2D eigenvalue weighted by molar-refractivity contribution is 5.81. The van der Waals surface area contributed by atoms with Crippen LogP contribution in [-0.4, -0.2) is 203 Å². The van der Waals surface area contributed by atoms with Crippen molar-refractivity contribution >= 4 is 23.3 Å². The van der Waals surface area contributed by atoms with E-state index in [1.54, 1.807) is 0 Å². The third kappa shape index (κ3) is 43.7. The molecule has 0 aromatic carbocycles. The molecule has 0 aromatic rings. The fraction of sp³-hybridized carbons (Fsp3) is 0.879. The van der Waals surface area contributed by atoms with Crippen LogP contribution in [0.4, 0.5) is 0 Å². The number of ketones is 3. The average molecular weight is 1220 g/mol. The van der Waals surface area contributed by atoms with Crippen LogP contribution in [0.25, 0.3) is 0 Å². The van der Waals surface area contributed by atoms with Crippen LogP contribution in [0.1, 0.15) is 239 Å². The summed E-state index contributed by atoms with van der Waals surface area (Å²) in [4.78, 5) is 53.4. The first-order valence-electron chi connectivity index (χ1n) is 33.5. The van der Waals surface area contributed by atoms with Gasteiger partial charge in [-0.25, -0.2) is 0 Å². The number of allylic oxidation sites excluding steroid dienone is 4. The summed E-state index contributed by atoms with van der Waals surface area (Å²) in [6, 6.07) is 0. The van der Waals surface area contributed by atoms with Crippen molar-refractivity contribution in [2.75, 3.05) is 79.0 Å². The van der Waals surface area contributed by atoms with Gasteiger partial charge in [-0.1, -0.05) is 141 Å². The van der Waals surface area contributed by atoms with E-state index < -0.39 is 74.2 Å². The molecule has 1 heterocycles. The Hall–Kier alpha value is -2.60. The van der Waals surface area contributed by atoms with E-state index in [9.17, 15) is 60.0 Å². The molecule has 1 saturated heterocycles. The second-order valence-electron chi connectivity index (χ2n) is 23.3. The quantitative estimate of drug-likeness (QED) is 0.0205. The van der Waals surface area contributed by atoms with Gasteiger partial charge in [0.25, 0.3) is 5.91 Å². The first kappa shape index (κ1) is 80.4. The van der Waals surface area contributed by atoms with E-state index in [0.29, 0.717) is 50.1 Å². The van der Waals surface area contributed by atoms with Gasteiger partial charge in [0.1, 0.15) is 60.1 Å². The van der Waals surface area contributed by atoms with Gasteiger partial charge < -0.3 is 74.8 Å². The van der Waals surface area contributed by atoms with Gasteiger partial charge in [0.05, 0.1) is 52.9 Å². The summed E-state index contributed by atoms with van der Waals surface area (Å²) in [7, 11) is 0. The van der Waals surface area contributed by atoms with Crippen molar-refractivity contribution in [3.63, 3.8) is 0 Å². The minimum absolute atomic E-state index is 0.00819. The number of ether oxygens (including phenoxy) is 5. The van der Waals surface area contributed by atoms with E-state index in [2.05, 4.69) is 48.4 Å². The summed E-state index contributed by atoms with van der Waals surface area (Å²) < 4.78 is 27.1. The zero-order chi connectivity index (χ0) is 62.4. The standard InChI is InChI=1S/C66H122N2O17/c1-3-5-7-9-11-13-15-17-19-21-23-25-27-29-31-36-54(71)38-33-43-68(44-34-39-55(72)37-32-30-28-26-24-22-20-18-16-14-12-10-8-6-4-2)45-35-40-56(73)41-46-81-48-50-83-51-49-82-47-42-67-65(80)62(78)61(77)64(57(74)52-69)85-66-63(79)60(76)59(75)58(53-70)84-66/h17-20,57-64,66,69-70,74-79H,3-16,21-53H2,1-2H3,(H,67,80)/b19-17-,20-18-. The maximum absolute atomic E-state index is 12.8. The zero-order valence-electron chi connectivity index (χ0n) is 52.9. The van der Waals surface area contributed by atoms with Gasteiger partial charge in [-0.15, -0.1) is 0 Å². The maximum Gasteiger partial charge on any atom is 0.251 e. The van der Waals surface area contributed by atoms with Crippen molar-refractivity contribution in [1.82, 2.24) is 10.2 Å². The van der Waals surface area contributed by atoms with Gasteiger partial charge >= 0.3 is 0 Å². The second kappa shape index (κ2) is 56.6. The van der Waals surface area contributed by atoms with Crippen molar-refractivity contribution in [2.24, 2.45) is 0 Å². The molecule has 1 fully saturated rings. The Kier molecular flexibility index (Phi) is 53.6. The van der Waals surface area contributed by atoms with E-state index in [0.717, 1.165) is 71.0 Å². The average Bonchev–Trinajstić information content (AvgIpc) is 3.54. The van der Waals surface area contributed by atoms with E-state index in [4.69, 9.17) is 23.7 Å². The Morgan fingerprint density at radius 1 is 0.482 bits per heavy atom. The number of aliphatic hydroxyl groups is 8. The van der Waals surface area contributed by atoms with Crippen molar-refractivity contribution in [3.05, 3.63) is 24.3 Å². The predicted molar refractivity (Wildman–Crippen MR) is 332 cm³/mol. The number of unbranched alkanes of at least 4 members (excludes halogenated alkanes) is 22. The van der Waals surface area contributed by atoms with Crippen LogP contribution < -0.4 is 5.32 Å². The van der Waals surface area contributed by atoms with Gasteiger partial charge in [0.2, 0.25) is 0 Å². The highest BCUT2D eigenvalue weighted by Crippen LogP contribution is 2.25. The number of aliphatic hydroxyl groups excluding tert-OH is 8. The maximum atomic E-state index is 12.8. The summed E-state index contributed by atoms with van der Waals surface area (Å²) in [5, 5.41) is 83.0. The number of nitrogens with zero attached hydrogens (tertiary/aromatic N) is 1. The van der Waals surface area contributed by atoms with E-state index in [-0.39, 0.29) is 58.4 Å². The third-order valence-corrected chi connectivity index (χ3v) is 15.7. The Labute approximate surface area is 512 Å². The molecule has 9 N–H and O–H groups in total. The number of hydrogen-bond donors (Lipinski definition) is 9. The van der Waals surface area contributed by atoms with Crippen LogP contribution in [-0.2, 0) is 42.9 Å². The van der Waals surface area contributed by atoms with Crippen molar-refractivity contribution in [3.8, 4) is 0 Å². The molecule has 498 valence electrons. The largest absolute Gasteiger partial charge is 0.394 e. The summed E-state index contributed by atoms with van der Waals surface area (Å²) in [6.07, 6.45) is 29.9. The summed E-state index contributed by atoms with van der Waals surface area (Å²) in [5.74, 6) is -0.322. The molecule has 0 spiro atoms. The third-order valence-electron chi connectivity index (χ3n) is 15.7. The minimum atomic E-state index is -2.19. The molecule has 0 saturated carbocycles. The van der Waals surface area contributed by atoms with Crippen molar-refractivity contribution < 1.29 is 83.7 Å². The van der Waals surface area contributed by atoms with Gasteiger partial charge in [0, 0.05) is 45.1 Å². The van der Waals surface area contributed by atoms with Crippen LogP contribution >= 0.6 is 0 Å². The van der Waals surface area contributed by atoms with Crippen LogP contribution in [0.5, 0.6) is 0 Å². The molecule has 85 heavy (non-hydrogen) atoms. The number of hydrogen-bond acceptors (Lipinski definition) is 18. The molecule has 1 amide bonds. The molecule has 0 bridgehead atoms. The topological polar surface area (TPSA) is 292 Å². The monoisotopic (exact) mass is 1210 g/mol. The summed E-state index contributed by atoms with van der Waals surface area (Å²) in [6.45, 7) is 6.10. The molecule has 1 aliphatic heterocycles. The lowest BCUT2D eigenvalue weighted by Gasteiger charge is -2.42. The SMILES string of the molecule is CCCCCCCC/C=C\CCCCCCCC(=O)CCCN(CCCC(=O)CCCCCCC/C=C\CCCCCCCC)CCCC(=O)CCOCCOCCOCCNC(=O)C(O)C(O)C(OC1OC(CO)C(O)C(O)C1O)C(O)CO. The van der Waals surface area contributed by atoms with Crippen LogP contribution in [0.3, 0.4) is 0 Å².